The van der Waals surface area contributed by atoms with Gasteiger partial charge in [-0.25, -0.2) is 0 Å². The molecule has 2 atom stereocenters. The molecule has 18 heavy (non-hydrogen) atoms. The van der Waals surface area contributed by atoms with Crippen LogP contribution in [0.3, 0.4) is 0 Å². The molecule has 2 unspecified atom stereocenters. The van der Waals surface area contributed by atoms with Crippen LogP contribution in [-0.4, -0.2) is 30.1 Å². The van der Waals surface area contributed by atoms with Gasteiger partial charge < -0.3 is 10.5 Å². The Morgan fingerprint density at radius 1 is 1.22 bits per heavy atom. The third-order valence-electron chi connectivity index (χ3n) is 3.90. The molecule has 0 radical (unpaired) electrons. The van der Waals surface area contributed by atoms with Gasteiger partial charge in [-0.15, -0.1) is 0 Å². The lowest BCUT2D eigenvalue weighted by Crippen LogP contribution is -2.45. The zero-order valence-corrected chi connectivity index (χ0v) is 11.4. The van der Waals surface area contributed by atoms with Crippen molar-refractivity contribution in [3.8, 4) is 5.75 Å². The van der Waals surface area contributed by atoms with Crippen molar-refractivity contribution < 1.29 is 4.74 Å². The Labute approximate surface area is 110 Å². The molecule has 1 aromatic rings. The normalized spacial score (nSPS) is 25.0. The number of hydrogen-bond donors (Lipinski definition) is 1. The van der Waals surface area contributed by atoms with Crippen LogP contribution in [0.15, 0.2) is 24.3 Å². The first-order valence-corrected chi connectivity index (χ1v) is 6.91. The fraction of sp³-hybridized carbons (Fsp3) is 0.600. The Kier molecular flexibility index (Phi) is 4.48. The summed E-state index contributed by atoms with van der Waals surface area (Å²) in [5.74, 6) is 0.801. The van der Waals surface area contributed by atoms with Crippen LogP contribution in [0, 0.1) is 0 Å². The van der Waals surface area contributed by atoms with E-state index in [2.05, 4.69) is 18.7 Å². The Morgan fingerprint density at radius 2 is 1.89 bits per heavy atom. The van der Waals surface area contributed by atoms with E-state index >= 15 is 0 Å². The Bertz CT molecular complexity index is 371. The van der Waals surface area contributed by atoms with Crippen LogP contribution in [0.4, 0.5) is 5.69 Å². The van der Waals surface area contributed by atoms with E-state index in [1.807, 2.05) is 24.3 Å². The van der Waals surface area contributed by atoms with Gasteiger partial charge in [-0.2, -0.15) is 0 Å². The molecule has 3 nitrogen and oxygen atoms in total. The first-order chi connectivity index (χ1) is 8.68. The molecule has 0 saturated carbocycles. The molecule has 2 N–H and O–H groups in total. The SMILES string of the molecule is CC1CCCC(C)N1CCOc1ccccc1N. The van der Waals surface area contributed by atoms with E-state index in [0.29, 0.717) is 18.7 Å². The number of nitrogen functional groups attached to an aromatic ring is 1. The third kappa shape index (κ3) is 3.16. The van der Waals surface area contributed by atoms with Crippen molar-refractivity contribution in [1.29, 1.82) is 0 Å². The van der Waals surface area contributed by atoms with Crippen LogP contribution in [0.2, 0.25) is 0 Å². The maximum Gasteiger partial charge on any atom is 0.142 e. The summed E-state index contributed by atoms with van der Waals surface area (Å²) in [6.07, 6.45) is 3.96. The number of hydrogen-bond acceptors (Lipinski definition) is 3. The van der Waals surface area contributed by atoms with Crippen LogP contribution in [0.5, 0.6) is 5.75 Å². The maximum absolute atomic E-state index is 5.86. The van der Waals surface area contributed by atoms with E-state index in [0.717, 1.165) is 18.0 Å². The van der Waals surface area contributed by atoms with Crippen molar-refractivity contribution in [3.05, 3.63) is 24.3 Å². The van der Waals surface area contributed by atoms with Crippen LogP contribution < -0.4 is 10.5 Å². The van der Waals surface area contributed by atoms with Crippen LogP contribution in [-0.2, 0) is 0 Å². The van der Waals surface area contributed by atoms with Gasteiger partial charge in [0, 0.05) is 18.6 Å². The summed E-state index contributed by atoms with van der Waals surface area (Å²) in [5, 5.41) is 0. The molecule has 0 amide bonds. The highest BCUT2D eigenvalue weighted by Crippen LogP contribution is 2.23. The number of ether oxygens (including phenoxy) is 1. The topological polar surface area (TPSA) is 38.5 Å². The summed E-state index contributed by atoms with van der Waals surface area (Å²) in [6, 6.07) is 9.03. The van der Waals surface area contributed by atoms with Crippen molar-refractivity contribution in [2.24, 2.45) is 0 Å². The molecule has 100 valence electrons. The minimum absolute atomic E-state index is 0.672. The summed E-state index contributed by atoms with van der Waals surface area (Å²) >= 11 is 0. The van der Waals surface area contributed by atoms with Crippen molar-refractivity contribution in [2.45, 2.75) is 45.2 Å². The van der Waals surface area contributed by atoms with E-state index in [1.165, 1.54) is 19.3 Å². The van der Waals surface area contributed by atoms with Gasteiger partial charge in [0.1, 0.15) is 12.4 Å². The first kappa shape index (κ1) is 13.2. The predicted molar refractivity (Wildman–Crippen MR) is 75.8 cm³/mol. The monoisotopic (exact) mass is 248 g/mol. The molecule has 0 spiro atoms. The van der Waals surface area contributed by atoms with Gasteiger partial charge in [-0.3, -0.25) is 4.90 Å². The number of anilines is 1. The molecule has 0 bridgehead atoms. The Morgan fingerprint density at radius 3 is 2.56 bits per heavy atom. The van der Waals surface area contributed by atoms with Gasteiger partial charge in [-0.1, -0.05) is 18.6 Å². The van der Waals surface area contributed by atoms with Crippen molar-refractivity contribution in [2.75, 3.05) is 18.9 Å². The summed E-state index contributed by atoms with van der Waals surface area (Å²) in [4.78, 5) is 2.54. The second kappa shape index (κ2) is 6.10. The average Bonchev–Trinajstić information content (AvgIpc) is 2.35. The molecule has 2 rings (SSSR count). The second-order valence-corrected chi connectivity index (χ2v) is 5.25. The van der Waals surface area contributed by atoms with Crippen LogP contribution >= 0.6 is 0 Å². The number of likely N-dealkylation sites (tertiary alicyclic amines) is 1. The lowest BCUT2D eigenvalue weighted by molar-refractivity contribution is 0.0853. The maximum atomic E-state index is 5.86. The highest BCUT2D eigenvalue weighted by Gasteiger charge is 2.24. The standard InChI is InChI=1S/C15H24N2O/c1-12-6-5-7-13(2)17(12)10-11-18-15-9-4-3-8-14(15)16/h3-4,8-9,12-13H,5-7,10-11,16H2,1-2H3. The summed E-state index contributed by atoms with van der Waals surface area (Å²) in [6.45, 7) is 6.32. The zero-order valence-electron chi connectivity index (χ0n) is 11.4. The fourth-order valence-corrected chi connectivity index (χ4v) is 2.79. The molecule has 1 fully saturated rings. The van der Waals surface area contributed by atoms with E-state index < -0.39 is 0 Å². The lowest BCUT2D eigenvalue weighted by Gasteiger charge is -2.38. The highest BCUT2D eigenvalue weighted by molar-refractivity contribution is 5.51. The van der Waals surface area contributed by atoms with Crippen LogP contribution in [0.1, 0.15) is 33.1 Å². The fourth-order valence-electron chi connectivity index (χ4n) is 2.79. The molecule has 0 aromatic heterocycles. The van der Waals surface area contributed by atoms with Gasteiger partial charge in [0.05, 0.1) is 5.69 Å². The molecular formula is C15H24N2O. The van der Waals surface area contributed by atoms with Crippen molar-refractivity contribution in [1.82, 2.24) is 4.90 Å². The average molecular weight is 248 g/mol. The van der Waals surface area contributed by atoms with Gasteiger partial charge >= 0.3 is 0 Å². The number of para-hydroxylation sites is 2. The smallest absolute Gasteiger partial charge is 0.142 e. The quantitative estimate of drug-likeness (QED) is 0.833. The number of benzene rings is 1. The summed E-state index contributed by atoms with van der Waals surface area (Å²) in [5.41, 5.74) is 6.58. The third-order valence-corrected chi connectivity index (χ3v) is 3.90. The highest BCUT2D eigenvalue weighted by atomic mass is 16.5. The zero-order chi connectivity index (χ0) is 13.0. The predicted octanol–water partition coefficient (Wildman–Crippen LogP) is 2.91. The van der Waals surface area contributed by atoms with Gasteiger partial charge in [-0.05, 0) is 38.8 Å². The number of piperidine rings is 1. The van der Waals surface area contributed by atoms with Crippen molar-refractivity contribution >= 4 is 5.69 Å². The molecule has 1 aromatic carbocycles. The molecule has 0 aliphatic carbocycles. The van der Waals surface area contributed by atoms with Gasteiger partial charge in [0.15, 0.2) is 0 Å². The molecule has 1 aliphatic heterocycles. The number of nitrogens with zero attached hydrogens (tertiary/aromatic N) is 1. The largest absolute Gasteiger partial charge is 0.490 e. The number of rotatable bonds is 4. The molecule has 3 heteroatoms. The second-order valence-electron chi connectivity index (χ2n) is 5.25. The molecule has 1 saturated heterocycles. The van der Waals surface area contributed by atoms with E-state index in [9.17, 15) is 0 Å². The Balaban J connectivity index is 1.83. The van der Waals surface area contributed by atoms with E-state index in [-0.39, 0.29) is 0 Å². The van der Waals surface area contributed by atoms with Gasteiger partial charge in [0.2, 0.25) is 0 Å². The minimum atomic E-state index is 0.672. The van der Waals surface area contributed by atoms with Crippen LogP contribution in [0.25, 0.3) is 0 Å². The molecular weight excluding hydrogens is 224 g/mol. The summed E-state index contributed by atoms with van der Waals surface area (Å²) in [7, 11) is 0. The minimum Gasteiger partial charge on any atom is -0.490 e. The van der Waals surface area contributed by atoms with E-state index in [4.69, 9.17) is 10.5 Å². The van der Waals surface area contributed by atoms with Gasteiger partial charge in [0.25, 0.3) is 0 Å². The number of nitrogens with two attached hydrogens (primary N) is 1. The Hall–Kier alpha value is -1.22. The lowest BCUT2D eigenvalue weighted by atomic mass is 9.98. The van der Waals surface area contributed by atoms with E-state index in [1.54, 1.807) is 0 Å². The molecule has 1 aliphatic rings. The molecule has 1 heterocycles. The summed E-state index contributed by atoms with van der Waals surface area (Å²) < 4.78 is 5.77. The first-order valence-electron chi connectivity index (χ1n) is 6.91. The van der Waals surface area contributed by atoms with Crippen molar-refractivity contribution in [3.63, 3.8) is 0 Å².